The van der Waals surface area contributed by atoms with Crippen LogP contribution < -0.4 is 5.32 Å². The topological polar surface area (TPSA) is 69.6 Å². The fourth-order valence-electron chi connectivity index (χ4n) is 2.33. The molecule has 6 heteroatoms. The number of aliphatic carboxylic acids is 1. The van der Waals surface area contributed by atoms with Gasteiger partial charge in [-0.15, -0.1) is 11.3 Å². The maximum atomic E-state index is 12.0. The van der Waals surface area contributed by atoms with Gasteiger partial charge in [0.2, 0.25) is 0 Å². The molecular weight excluding hydrogens is 288 g/mol. The molecule has 2 heterocycles. The van der Waals surface area contributed by atoms with Gasteiger partial charge in [-0.3, -0.25) is 4.79 Å². The molecule has 2 rings (SSSR count). The van der Waals surface area contributed by atoms with Gasteiger partial charge in [0.05, 0.1) is 5.56 Å². The number of carboxylic acid groups (broad SMARTS) is 1. The van der Waals surface area contributed by atoms with Crippen LogP contribution in [0.5, 0.6) is 0 Å². The fourth-order valence-corrected chi connectivity index (χ4v) is 3.11. The molecule has 0 atom stereocenters. The average Bonchev–Trinajstić information content (AvgIpc) is 2.95. The van der Waals surface area contributed by atoms with E-state index in [1.807, 2.05) is 0 Å². The Morgan fingerprint density at radius 3 is 2.81 bits per heavy atom. The van der Waals surface area contributed by atoms with Crippen LogP contribution in [0.2, 0.25) is 0 Å². The van der Waals surface area contributed by atoms with Crippen molar-refractivity contribution < 1.29 is 14.7 Å². The van der Waals surface area contributed by atoms with E-state index in [1.165, 1.54) is 36.7 Å². The lowest BCUT2D eigenvalue weighted by Gasteiger charge is -2.26. The quantitative estimate of drug-likeness (QED) is 0.789. The summed E-state index contributed by atoms with van der Waals surface area (Å²) in [6.45, 7) is 3.79. The van der Waals surface area contributed by atoms with Crippen molar-refractivity contribution in [2.24, 2.45) is 0 Å². The van der Waals surface area contributed by atoms with Gasteiger partial charge in [0.15, 0.2) is 0 Å². The molecule has 1 fully saturated rings. The van der Waals surface area contributed by atoms with Gasteiger partial charge in [0.1, 0.15) is 0 Å². The number of carbonyl (C=O) groups excluding carboxylic acids is 1. The highest BCUT2D eigenvalue weighted by Gasteiger charge is 2.11. The van der Waals surface area contributed by atoms with Crippen LogP contribution >= 0.6 is 11.3 Å². The van der Waals surface area contributed by atoms with E-state index in [-0.39, 0.29) is 5.91 Å². The summed E-state index contributed by atoms with van der Waals surface area (Å²) >= 11 is 1.36. The van der Waals surface area contributed by atoms with Crippen molar-refractivity contribution in [3.8, 4) is 0 Å². The summed E-state index contributed by atoms with van der Waals surface area (Å²) in [7, 11) is 0. The molecule has 1 saturated heterocycles. The minimum absolute atomic E-state index is 0.0989. The maximum Gasteiger partial charge on any atom is 0.328 e. The predicted octanol–water partition coefficient (Wildman–Crippen LogP) is 2.06. The zero-order valence-electron chi connectivity index (χ0n) is 11.9. The van der Waals surface area contributed by atoms with Crippen LogP contribution in [0.3, 0.4) is 0 Å². The third-order valence-electron chi connectivity index (χ3n) is 3.43. The number of nitrogens with one attached hydrogen (secondary N) is 1. The van der Waals surface area contributed by atoms with Gasteiger partial charge in [-0.1, -0.05) is 6.42 Å². The number of carboxylic acids is 1. The van der Waals surface area contributed by atoms with Gasteiger partial charge in [-0.05, 0) is 38.1 Å². The first-order valence-electron chi connectivity index (χ1n) is 7.15. The lowest BCUT2D eigenvalue weighted by Crippen LogP contribution is -2.37. The van der Waals surface area contributed by atoms with Crippen LogP contribution in [0.25, 0.3) is 6.08 Å². The Labute approximate surface area is 128 Å². The minimum atomic E-state index is -0.990. The molecule has 0 bridgehead atoms. The molecule has 0 spiro atoms. The van der Waals surface area contributed by atoms with Crippen LogP contribution in [-0.4, -0.2) is 48.1 Å². The van der Waals surface area contributed by atoms with E-state index >= 15 is 0 Å². The highest BCUT2D eigenvalue weighted by atomic mass is 32.1. The number of thiophene rings is 1. The summed E-state index contributed by atoms with van der Waals surface area (Å²) in [5, 5.41) is 13.2. The van der Waals surface area contributed by atoms with Gasteiger partial charge < -0.3 is 15.3 Å². The second kappa shape index (κ2) is 7.95. The molecule has 1 amide bonds. The first-order valence-corrected chi connectivity index (χ1v) is 8.03. The zero-order valence-corrected chi connectivity index (χ0v) is 12.7. The van der Waals surface area contributed by atoms with Gasteiger partial charge in [-0.25, -0.2) is 4.79 Å². The number of hydrogen-bond acceptors (Lipinski definition) is 4. The number of carbonyl (C=O) groups is 2. The third kappa shape index (κ3) is 5.32. The van der Waals surface area contributed by atoms with Crippen molar-refractivity contribution in [2.75, 3.05) is 26.2 Å². The van der Waals surface area contributed by atoms with Crippen molar-refractivity contribution in [3.05, 3.63) is 28.0 Å². The summed E-state index contributed by atoms with van der Waals surface area (Å²) in [6.07, 6.45) is 6.38. The lowest BCUT2D eigenvalue weighted by molar-refractivity contribution is -0.131. The SMILES string of the molecule is O=C(O)C=Cc1cc(C(=O)NCCN2CCCCC2)cs1. The molecule has 21 heavy (non-hydrogen) atoms. The lowest BCUT2D eigenvalue weighted by atomic mass is 10.1. The fraction of sp³-hybridized carbons (Fsp3) is 0.467. The van der Waals surface area contributed by atoms with Gasteiger partial charge in [-0.2, -0.15) is 0 Å². The highest BCUT2D eigenvalue weighted by Crippen LogP contribution is 2.16. The van der Waals surface area contributed by atoms with E-state index in [2.05, 4.69) is 10.2 Å². The Morgan fingerprint density at radius 2 is 2.10 bits per heavy atom. The number of hydrogen-bond donors (Lipinski definition) is 2. The number of piperidine rings is 1. The van der Waals surface area contributed by atoms with Gasteiger partial charge in [0.25, 0.3) is 5.91 Å². The molecule has 1 aromatic rings. The normalized spacial score (nSPS) is 16.2. The third-order valence-corrected chi connectivity index (χ3v) is 4.33. The van der Waals surface area contributed by atoms with E-state index in [0.717, 1.165) is 30.6 Å². The molecule has 1 aromatic heterocycles. The molecule has 114 valence electrons. The Morgan fingerprint density at radius 1 is 1.33 bits per heavy atom. The smallest absolute Gasteiger partial charge is 0.328 e. The Hall–Kier alpha value is -1.66. The second-order valence-corrected chi connectivity index (χ2v) is 6.01. The molecule has 1 aliphatic rings. The minimum Gasteiger partial charge on any atom is -0.478 e. The molecule has 2 N–H and O–H groups in total. The molecule has 1 aliphatic heterocycles. The van der Waals surface area contributed by atoms with Crippen molar-refractivity contribution in [1.82, 2.24) is 10.2 Å². The first kappa shape index (κ1) is 15.7. The van der Waals surface area contributed by atoms with E-state index in [1.54, 1.807) is 11.4 Å². The Balaban J connectivity index is 1.76. The van der Waals surface area contributed by atoms with Crippen LogP contribution in [0.4, 0.5) is 0 Å². The summed E-state index contributed by atoms with van der Waals surface area (Å²) < 4.78 is 0. The first-order chi connectivity index (χ1) is 10.1. The number of nitrogens with zero attached hydrogens (tertiary/aromatic N) is 1. The maximum absolute atomic E-state index is 12.0. The van der Waals surface area contributed by atoms with Gasteiger partial charge >= 0.3 is 5.97 Å². The summed E-state index contributed by atoms with van der Waals surface area (Å²) in [5.74, 6) is -1.09. The second-order valence-electron chi connectivity index (χ2n) is 5.07. The van der Waals surface area contributed by atoms with Crippen LogP contribution in [0.15, 0.2) is 17.5 Å². The largest absolute Gasteiger partial charge is 0.478 e. The summed E-state index contributed by atoms with van der Waals surface area (Å²) in [5.41, 5.74) is 0.587. The predicted molar refractivity (Wildman–Crippen MR) is 83.6 cm³/mol. The van der Waals surface area contributed by atoms with Crippen LogP contribution in [0.1, 0.15) is 34.5 Å². The van der Waals surface area contributed by atoms with E-state index in [4.69, 9.17) is 5.11 Å². The molecule has 0 radical (unpaired) electrons. The number of rotatable bonds is 6. The van der Waals surface area contributed by atoms with Crippen molar-refractivity contribution in [1.29, 1.82) is 0 Å². The van der Waals surface area contributed by atoms with E-state index in [9.17, 15) is 9.59 Å². The van der Waals surface area contributed by atoms with Crippen molar-refractivity contribution in [3.63, 3.8) is 0 Å². The Bertz CT molecular complexity index is 519. The summed E-state index contributed by atoms with van der Waals surface area (Å²) in [6, 6.07) is 1.71. The highest BCUT2D eigenvalue weighted by molar-refractivity contribution is 7.11. The molecular formula is C15H20N2O3S. The average molecular weight is 308 g/mol. The molecule has 0 unspecified atom stereocenters. The van der Waals surface area contributed by atoms with Crippen molar-refractivity contribution >= 4 is 29.3 Å². The monoisotopic (exact) mass is 308 g/mol. The standard InChI is InChI=1S/C15H20N2O3S/c18-14(19)5-4-13-10-12(11-21-13)15(20)16-6-9-17-7-2-1-3-8-17/h4-5,10-11H,1-3,6-9H2,(H,16,20)(H,18,19). The van der Waals surface area contributed by atoms with Crippen LogP contribution in [-0.2, 0) is 4.79 Å². The molecule has 5 nitrogen and oxygen atoms in total. The van der Waals surface area contributed by atoms with E-state index in [0.29, 0.717) is 12.1 Å². The number of amides is 1. The zero-order chi connectivity index (χ0) is 15.1. The Kier molecular flexibility index (Phi) is 5.95. The summed E-state index contributed by atoms with van der Waals surface area (Å²) in [4.78, 5) is 25.5. The van der Waals surface area contributed by atoms with E-state index < -0.39 is 5.97 Å². The van der Waals surface area contributed by atoms with Gasteiger partial charge in [0, 0.05) is 29.4 Å². The molecule has 0 aromatic carbocycles. The molecule has 0 saturated carbocycles. The molecule has 0 aliphatic carbocycles. The van der Waals surface area contributed by atoms with Crippen molar-refractivity contribution in [2.45, 2.75) is 19.3 Å². The number of likely N-dealkylation sites (tertiary alicyclic amines) is 1. The van der Waals surface area contributed by atoms with Crippen LogP contribution in [0, 0.1) is 0 Å².